The molecule has 7 nitrogen and oxygen atoms in total. The van der Waals surface area contributed by atoms with Crippen LogP contribution in [-0.2, 0) is 9.53 Å². The van der Waals surface area contributed by atoms with Gasteiger partial charge < -0.3 is 18.7 Å². The zero-order valence-corrected chi connectivity index (χ0v) is 21.7. The Morgan fingerprint density at radius 2 is 1.79 bits per heavy atom. The first-order chi connectivity index (χ1) is 18.4. The number of fused-ring (bicyclic) bond motifs is 1. The lowest BCUT2D eigenvalue weighted by atomic mass is 9.92. The first-order valence-corrected chi connectivity index (χ1v) is 13.1. The largest absolute Gasteiger partial charge is 0.381 e. The molecular weight excluding hydrogens is 490 g/mol. The number of nitrogens with zero attached hydrogens (tertiary/aromatic N) is 4. The fourth-order valence-electron chi connectivity index (χ4n) is 6.21. The van der Waals surface area contributed by atoms with E-state index >= 15 is 0 Å². The Kier molecular flexibility index (Phi) is 6.26. The molecule has 198 valence electrons. The number of amides is 1. The van der Waals surface area contributed by atoms with Crippen LogP contribution in [0.2, 0.25) is 0 Å². The quantitative estimate of drug-likeness (QED) is 0.297. The fraction of sp³-hybridized carbons (Fsp3) is 0.414. The van der Waals surface area contributed by atoms with Crippen molar-refractivity contribution in [3.63, 3.8) is 0 Å². The van der Waals surface area contributed by atoms with Gasteiger partial charge >= 0.3 is 0 Å². The summed E-state index contributed by atoms with van der Waals surface area (Å²) in [5.74, 6) is -0.529. The van der Waals surface area contributed by atoms with Crippen molar-refractivity contribution in [3.05, 3.63) is 65.3 Å². The van der Waals surface area contributed by atoms with Crippen LogP contribution in [0.1, 0.15) is 67.9 Å². The molecule has 6 rings (SSSR count). The van der Waals surface area contributed by atoms with Crippen LogP contribution in [0.4, 0.5) is 14.5 Å². The number of carbonyl (C=O) groups excluding carboxylic acids is 1. The second kappa shape index (κ2) is 9.62. The van der Waals surface area contributed by atoms with E-state index in [1.165, 1.54) is 6.07 Å². The zero-order chi connectivity index (χ0) is 26.6. The minimum atomic E-state index is -0.976. The maximum Gasteiger partial charge on any atom is 0.227 e. The molecule has 1 atom stereocenters. The number of hydrogen-bond acceptors (Lipinski definition) is 5. The van der Waals surface area contributed by atoms with Gasteiger partial charge in [0.25, 0.3) is 0 Å². The van der Waals surface area contributed by atoms with Gasteiger partial charge in [0.2, 0.25) is 5.91 Å². The highest BCUT2D eigenvalue weighted by Crippen LogP contribution is 2.42. The van der Waals surface area contributed by atoms with Crippen molar-refractivity contribution >= 4 is 22.6 Å². The van der Waals surface area contributed by atoms with Crippen LogP contribution in [0.15, 0.2) is 40.9 Å². The van der Waals surface area contributed by atoms with Crippen LogP contribution in [0.25, 0.3) is 22.2 Å². The van der Waals surface area contributed by atoms with Gasteiger partial charge in [-0.1, -0.05) is 11.2 Å². The highest BCUT2D eigenvalue weighted by molar-refractivity contribution is 5.96. The summed E-state index contributed by atoms with van der Waals surface area (Å²) in [6, 6.07) is 9.60. The van der Waals surface area contributed by atoms with Crippen LogP contribution in [0.3, 0.4) is 0 Å². The van der Waals surface area contributed by atoms with Crippen molar-refractivity contribution in [3.8, 4) is 11.1 Å². The standard InChI is InChI=1S/C29H30F2N4O3/c1-16-28(17(2)38-33-16)18-4-11-25-24(14-18)32-29(35(25)19-5-8-21(37-3)9-6-19)26-12-13-27(36)34(26)20-7-10-22(30)23(31)15-20/h4,7,10-11,14-15,19,21,26H,5-6,8-9,12-13H2,1-3H3/t19?,21?,26-/m1/s1. The molecule has 4 aromatic rings. The van der Waals surface area contributed by atoms with Gasteiger partial charge in [0.15, 0.2) is 11.6 Å². The van der Waals surface area contributed by atoms with E-state index in [1.807, 2.05) is 19.9 Å². The van der Waals surface area contributed by atoms with Gasteiger partial charge in [0, 0.05) is 36.9 Å². The SMILES string of the molecule is COC1CCC(n2c([C@H]3CCC(=O)N3c3ccc(F)c(F)c3)nc3cc(-c4c(C)noc4C)ccc32)CC1. The second-order valence-electron chi connectivity index (χ2n) is 10.3. The molecule has 1 saturated carbocycles. The monoisotopic (exact) mass is 520 g/mol. The van der Waals surface area contributed by atoms with E-state index in [0.717, 1.165) is 77.3 Å². The average molecular weight is 521 g/mol. The normalized spacial score (nSPS) is 22.1. The van der Waals surface area contributed by atoms with Crippen LogP contribution in [0.5, 0.6) is 0 Å². The molecule has 0 unspecified atom stereocenters. The molecule has 3 heterocycles. The third-order valence-electron chi connectivity index (χ3n) is 8.07. The zero-order valence-electron chi connectivity index (χ0n) is 21.7. The Hall–Kier alpha value is -3.59. The van der Waals surface area contributed by atoms with Crippen LogP contribution >= 0.6 is 0 Å². The van der Waals surface area contributed by atoms with Crippen LogP contribution in [-0.4, -0.2) is 33.8 Å². The molecule has 0 spiro atoms. The lowest BCUT2D eigenvalue weighted by Crippen LogP contribution is -2.31. The number of halogens is 2. The van der Waals surface area contributed by atoms with Crippen molar-refractivity contribution in [1.29, 1.82) is 0 Å². The van der Waals surface area contributed by atoms with Gasteiger partial charge in [-0.25, -0.2) is 13.8 Å². The molecule has 0 bridgehead atoms. The highest BCUT2D eigenvalue weighted by atomic mass is 19.2. The maximum absolute atomic E-state index is 14.2. The fourth-order valence-corrected chi connectivity index (χ4v) is 6.21. The van der Waals surface area contributed by atoms with Gasteiger partial charge in [0.1, 0.15) is 11.6 Å². The molecule has 1 amide bonds. The van der Waals surface area contributed by atoms with Gasteiger partial charge in [0.05, 0.1) is 28.9 Å². The number of methoxy groups -OCH3 is 1. The summed E-state index contributed by atoms with van der Waals surface area (Å²) in [6.07, 6.45) is 4.83. The summed E-state index contributed by atoms with van der Waals surface area (Å²) < 4.78 is 41.2. The summed E-state index contributed by atoms with van der Waals surface area (Å²) in [6.45, 7) is 3.81. The minimum absolute atomic E-state index is 0.126. The molecule has 1 saturated heterocycles. The Morgan fingerprint density at radius 3 is 2.47 bits per heavy atom. The first-order valence-electron chi connectivity index (χ1n) is 13.1. The summed E-state index contributed by atoms with van der Waals surface area (Å²) in [5, 5.41) is 4.10. The molecule has 1 aliphatic carbocycles. The molecule has 38 heavy (non-hydrogen) atoms. The summed E-state index contributed by atoms with van der Waals surface area (Å²) >= 11 is 0. The number of hydrogen-bond donors (Lipinski definition) is 0. The number of aromatic nitrogens is 3. The minimum Gasteiger partial charge on any atom is -0.381 e. The Morgan fingerprint density at radius 1 is 1.00 bits per heavy atom. The third-order valence-corrected chi connectivity index (χ3v) is 8.07. The highest BCUT2D eigenvalue weighted by Gasteiger charge is 2.38. The van der Waals surface area contributed by atoms with Crippen molar-refractivity contribution < 1.29 is 22.8 Å². The predicted molar refractivity (Wildman–Crippen MR) is 139 cm³/mol. The number of carbonyl (C=O) groups is 1. The number of aryl methyl sites for hydroxylation is 2. The number of imidazole rings is 1. The third kappa shape index (κ3) is 4.09. The maximum atomic E-state index is 14.2. The van der Waals surface area contributed by atoms with Gasteiger partial charge in [-0.15, -0.1) is 0 Å². The van der Waals surface area contributed by atoms with E-state index in [2.05, 4.69) is 21.9 Å². The number of rotatable bonds is 5. The molecule has 0 radical (unpaired) electrons. The van der Waals surface area contributed by atoms with Gasteiger partial charge in [-0.2, -0.15) is 0 Å². The molecule has 2 aliphatic rings. The smallest absolute Gasteiger partial charge is 0.227 e. The predicted octanol–water partition coefficient (Wildman–Crippen LogP) is 6.58. The topological polar surface area (TPSA) is 73.4 Å². The van der Waals surface area contributed by atoms with E-state index in [0.29, 0.717) is 18.5 Å². The van der Waals surface area contributed by atoms with Gasteiger partial charge in [-0.05, 0) is 75.8 Å². The Labute approximate surface area is 219 Å². The molecule has 2 aromatic heterocycles. The lowest BCUT2D eigenvalue weighted by molar-refractivity contribution is -0.117. The van der Waals surface area contributed by atoms with E-state index in [4.69, 9.17) is 14.2 Å². The van der Waals surface area contributed by atoms with E-state index in [1.54, 1.807) is 12.0 Å². The summed E-state index contributed by atoms with van der Waals surface area (Å²) in [7, 11) is 1.75. The summed E-state index contributed by atoms with van der Waals surface area (Å²) in [4.78, 5) is 19.8. The molecule has 2 fully saturated rings. The van der Waals surface area contributed by atoms with Crippen molar-refractivity contribution in [2.75, 3.05) is 12.0 Å². The van der Waals surface area contributed by atoms with Gasteiger partial charge in [-0.3, -0.25) is 4.79 Å². The number of ether oxygens (including phenoxy) is 1. The van der Waals surface area contributed by atoms with Crippen molar-refractivity contribution in [2.45, 2.75) is 70.6 Å². The Balaban J connectivity index is 1.49. The van der Waals surface area contributed by atoms with E-state index in [-0.39, 0.29) is 24.1 Å². The van der Waals surface area contributed by atoms with E-state index < -0.39 is 11.6 Å². The molecule has 0 N–H and O–H groups in total. The summed E-state index contributed by atoms with van der Waals surface area (Å²) in [5.41, 5.74) is 4.87. The second-order valence-corrected chi connectivity index (χ2v) is 10.3. The number of anilines is 1. The molecular formula is C29H30F2N4O3. The van der Waals surface area contributed by atoms with Crippen LogP contribution in [0, 0.1) is 25.5 Å². The van der Waals surface area contributed by atoms with Crippen molar-refractivity contribution in [2.24, 2.45) is 0 Å². The Bertz CT molecular complexity index is 1500. The lowest BCUT2D eigenvalue weighted by Gasteiger charge is -2.32. The first kappa shape index (κ1) is 24.7. The van der Waals surface area contributed by atoms with Crippen molar-refractivity contribution in [1.82, 2.24) is 14.7 Å². The van der Waals surface area contributed by atoms with Crippen LogP contribution < -0.4 is 4.90 Å². The number of benzene rings is 2. The average Bonchev–Trinajstić information content (AvgIpc) is 3.59. The molecule has 1 aliphatic heterocycles. The molecule has 2 aromatic carbocycles. The molecule has 9 heteroatoms. The van der Waals surface area contributed by atoms with E-state index in [9.17, 15) is 13.6 Å².